The highest BCUT2D eigenvalue weighted by Gasteiger charge is 2.24. The van der Waals surface area contributed by atoms with Crippen molar-refractivity contribution in [3.63, 3.8) is 0 Å². The van der Waals surface area contributed by atoms with Gasteiger partial charge in [0.15, 0.2) is 0 Å². The zero-order chi connectivity index (χ0) is 23.7. The Morgan fingerprint density at radius 3 is 1.50 bits per heavy atom. The third-order valence-electron chi connectivity index (χ3n) is 5.50. The summed E-state index contributed by atoms with van der Waals surface area (Å²) in [6.45, 7) is 8.50. The quantitative estimate of drug-likeness (QED) is 0.125. The molecule has 0 amide bonds. The molecule has 1 aromatic rings. The lowest BCUT2D eigenvalue weighted by atomic mass is 10.0. The SMILES string of the molecule is CCCCCCCCCCCCCCCCOC(=O)c1ccccc1C(=O)O[Si](C)(C)C. The Morgan fingerprint density at radius 2 is 1.06 bits per heavy atom. The molecule has 0 heterocycles. The molecular formula is C27H46O4Si. The summed E-state index contributed by atoms with van der Waals surface area (Å²) in [5.41, 5.74) is 0.585. The molecule has 0 aliphatic carbocycles. The Morgan fingerprint density at radius 1 is 0.656 bits per heavy atom. The van der Waals surface area contributed by atoms with Gasteiger partial charge < -0.3 is 9.16 Å². The van der Waals surface area contributed by atoms with Crippen molar-refractivity contribution in [2.24, 2.45) is 0 Å². The minimum absolute atomic E-state index is 0.292. The second-order valence-corrected chi connectivity index (χ2v) is 14.2. The fourth-order valence-corrected chi connectivity index (χ4v) is 4.38. The van der Waals surface area contributed by atoms with Crippen LogP contribution in [-0.4, -0.2) is 26.9 Å². The predicted molar refractivity (Wildman–Crippen MR) is 136 cm³/mol. The van der Waals surface area contributed by atoms with Crippen LogP contribution < -0.4 is 0 Å². The lowest BCUT2D eigenvalue weighted by Gasteiger charge is -2.18. The average Bonchev–Trinajstić information content (AvgIpc) is 2.75. The van der Waals surface area contributed by atoms with Crippen molar-refractivity contribution in [2.45, 2.75) is 116 Å². The molecule has 4 nitrogen and oxygen atoms in total. The summed E-state index contributed by atoms with van der Waals surface area (Å²) in [7, 11) is -2.03. The third kappa shape index (κ3) is 13.7. The summed E-state index contributed by atoms with van der Waals surface area (Å²) in [5.74, 6) is -0.879. The number of carbonyl (C=O) groups is 2. The van der Waals surface area contributed by atoms with Crippen LogP contribution in [0.25, 0.3) is 0 Å². The number of rotatable bonds is 18. The lowest BCUT2D eigenvalue weighted by Crippen LogP contribution is -2.30. The number of hydrogen-bond acceptors (Lipinski definition) is 4. The molecule has 5 heteroatoms. The Hall–Kier alpha value is -1.62. The average molecular weight is 463 g/mol. The van der Waals surface area contributed by atoms with Gasteiger partial charge in [-0.05, 0) is 38.2 Å². The van der Waals surface area contributed by atoms with Gasteiger partial charge in [0.2, 0.25) is 8.32 Å². The van der Waals surface area contributed by atoms with Crippen molar-refractivity contribution in [1.82, 2.24) is 0 Å². The first-order chi connectivity index (χ1) is 15.3. The van der Waals surface area contributed by atoms with Crippen LogP contribution in [0.15, 0.2) is 24.3 Å². The molecule has 0 saturated carbocycles. The highest BCUT2D eigenvalue weighted by atomic mass is 28.4. The maximum absolute atomic E-state index is 12.5. The lowest BCUT2D eigenvalue weighted by molar-refractivity contribution is 0.0488. The summed E-state index contributed by atoms with van der Waals surface area (Å²) in [4.78, 5) is 24.9. The van der Waals surface area contributed by atoms with Gasteiger partial charge >= 0.3 is 11.9 Å². The van der Waals surface area contributed by atoms with Gasteiger partial charge in [-0.25, -0.2) is 9.59 Å². The molecule has 1 aromatic carbocycles. The van der Waals surface area contributed by atoms with Crippen LogP contribution in [0.3, 0.4) is 0 Å². The number of carbonyl (C=O) groups excluding carboxylic acids is 2. The molecular weight excluding hydrogens is 416 g/mol. The fraction of sp³-hybridized carbons (Fsp3) is 0.704. The van der Waals surface area contributed by atoms with E-state index in [0.29, 0.717) is 17.7 Å². The molecule has 0 fully saturated rings. The standard InChI is InChI=1S/C27H46O4Si/c1-5-6-7-8-9-10-11-12-13-14-15-16-17-20-23-30-26(28)24-21-18-19-22-25(24)27(29)31-32(2,3)4/h18-19,21-22H,5-17,20,23H2,1-4H3. The molecule has 1 rings (SSSR count). The summed E-state index contributed by atoms with van der Waals surface area (Å²) < 4.78 is 11.0. The first-order valence-electron chi connectivity index (χ1n) is 12.8. The number of benzene rings is 1. The van der Waals surface area contributed by atoms with Crippen LogP contribution >= 0.6 is 0 Å². The van der Waals surface area contributed by atoms with Crippen LogP contribution in [0.4, 0.5) is 0 Å². The molecule has 0 aromatic heterocycles. The van der Waals surface area contributed by atoms with E-state index in [1.807, 2.05) is 19.6 Å². The Balaban J connectivity index is 2.11. The number of unbranched alkanes of at least 4 members (excludes halogenated alkanes) is 13. The van der Waals surface area contributed by atoms with E-state index in [4.69, 9.17) is 9.16 Å². The molecule has 0 unspecified atom stereocenters. The van der Waals surface area contributed by atoms with Gasteiger partial charge in [0, 0.05) is 0 Å². The van der Waals surface area contributed by atoms with Crippen molar-refractivity contribution in [2.75, 3.05) is 6.61 Å². The third-order valence-corrected chi connectivity index (χ3v) is 6.29. The van der Waals surface area contributed by atoms with Gasteiger partial charge in [-0.1, -0.05) is 103 Å². The smallest absolute Gasteiger partial charge is 0.339 e. The maximum Gasteiger partial charge on any atom is 0.339 e. The predicted octanol–water partition coefficient (Wildman–Crippen LogP) is 8.32. The monoisotopic (exact) mass is 462 g/mol. The first-order valence-corrected chi connectivity index (χ1v) is 16.3. The Kier molecular flexibility index (Phi) is 15.0. The molecule has 0 spiro atoms. The molecule has 32 heavy (non-hydrogen) atoms. The van der Waals surface area contributed by atoms with Crippen molar-refractivity contribution in [3.05, 3.63) is 35.4 Å². The molecule has 0 aliphatic heterocycles. The van der Waals surface area contributed by atoms with E-state index in [2.05, 4.69) is 6.92 Å². The van der Waals surface area contributed by atoms with Gasteiger partial charge in [-0.15, -0.1) is 0 Å². The second kappa shape index (κ2) is 16.9. The van der Waals surface area contributed by atoms with Crippen LogP contribution in [0.2, 0.25) is 19.6 Å². The van der Waals surface area contributed by atoms with Gasteiger partial charge in [0.1, 0.15) is 0 Å². The first kappa shape index (κ1) is 28.4. The topological polar surface area (TPSA) is 52.6 Å². The van der Waals surface area contributed by atoms with Crippen LogP contribution in [0.5, 0.6) is 0 Å². The largest absolute Gasteiger partial charge is 0.516 e. The zero-order valence-electron chi connectivity index (χ0n) is 21.0. The van der Waals surface area contributed by atoms with Crippen molar-refractivity contribution < 1.29 is 18.8 Å². The summed E-state index contributed by atoms with van der Waals surface area (Å²) in [6.07, 6.45) is 18.1. The number of ether oxygens (including phenoxy) is 1. The highest BCUT2D eigenvalue weighted by Crippen LogP contribution is 2.16. The molecule has 0 saturated heterocycles. The fourth-order valence-electron chi connectivity index (χ4n) is 3.71. The van der Waals surface area contributed by atoms with Crippen molar-refractivity contribution in [3.8, 4) is 0 Å². The molecule has 0 bridgehead atoms. The second-order valence-electron chi connectivity index (χ2n) is 9.78. The number of esters is 1. The van der Waals surface area contributed by atoms with Gasteiger partial charge in [-0.3, -0.25) is 0 Å². The number of hydrogen-bond donors (Lipinski definition) is 0. The van der Waals surface area contributed by atoms with Gasteiger partial charge in [0.25, 0.3) is 0 Å². The molecule has 0 atom stereocenters. The minimum atomic E-state index is -2.03. The van der Waals surface area contributed by atoms with Gasteiger partial charge in [0.05, 0.1) is 17.7 Å². The summed E-state index contributed by atoms with van der Waals surface area (Å²) in [5, 5.41) is 0. The van der Waals surface area contributed by atoms with E-state index in [0.717, 1.165) is 12.8 Å². The van der Waals surface area contributed by atoms with Crippen LogP contribution in [0, 0.1) is 0 Å². The Labute approximate surface area is 197 Å². The van der Waals surface area contributed by atoms with E-state index >= 15 is 0 Å². The van der Waals surface area contributed by atoms with E-state index in [-0.39, 0.29) is 0 Å². The Bertz CT molecular complexity index is 651. The van der Waals surface area contributed by atoms with Gasteiger partial charge in [-0.2, -0.15) is 0 Å². The highest BCUT2D eigenvalue weighted by molar-refractivity contribution is 6.71. The molecule has 0 aliphatic rings. The van der Waals surface area contributed by atoms with E-state index < -0.39 is 20.3 Å². The normalized spacial score (nSPS) is 11.4. The summed E-state index contributed by atoms with van der Waals surface area (Å²) in [6, 6.07) is 6.75. The maximum atomic E-state index is 12.5. The van der Waals surface area contributed by atoms with E-state index in [1.165, 1.54) is 77.0 Å². The van der Waals surface area contributed by atoms with Crippen molar-refractivity contribution >= 4 is 20.3 Å². The zero-order valence-corrected chi connectivity index (χ0v) is 22.0. The molecule has 182 valence electrons. The van der Waals surface area contributed by atoms with E-state index in [9.17, 15) is 9.59 Å². The molecule has 0 radical (unpaired) electrons. The minimum Gasteiger partial charge on any atom is -0.516 e. The summed E-state index contributed by atoms with van der Waals surface area (Å²) >= 11 is 0. The van der Waals surface area contributed by atoms with Crippen LogP contribution in [-0.2, 0) is 9.16 Å². The van der Waals surface area contributed by atoms with E-state index in [1.54, 1.807) is 24.3 Å². The molecule has 0 N–H and O–H groups in total. The van der Waals surface area contributed by atoms with Crippen LogP contribution in [0.1, 0.15) is 118 Å². The van der Waals surface area contributed by atoms with Crippen molar-refractivity contribution in [1.29, 1.82) is 0 Å².